The second kappa shape index (κ2) is 5.94. The maximum absolute atomic E-state index is 12.4. The first-order chi connectivity index (χ1) is 10.5. The molecule has 120 valence electrons. The molecule has 0 aliphatic carbocycles. The fourth-order valence-corrected chi connectivity index (χ4v) is 3.48. The normalized spacial score (nSPS) is 25.0. The van der Waals surface area contributed by atoms with Gasteiger partial charge in [-0.05, 0) is 24.7 Å². The van der Waals surface area contributed by atoms with E-state index in [4.69, 9.17) is 5.73 Å². The van der Waals surface area contributed by atoms with Crippen LogP contribution < -0.4 is 5.73 Å². The molecule has 2 aliphatic heterocycles. The zero-order valence-electron chi connectivity index (χ0n) is 12.8. The quantitative estimate of drug-likeness (QED) is 0.800. The third-order valence-corrected chi connectivity index (χ3v) is 4.77. The molecule has 2 atom stereocenters. The van der Waals surface area contributed by atoms with Gasteiger partial charge in [-0.1, -0.05) is 0 Å². The maximum atomic E-state index is 12.4. The summed E-state index contributed by atoms with van der Waals surface area (Å²) in [4.78, 5) is 31.5. The number of likely N-dealkylation sites (tertiary alicyclic amines) is 2. The fourth-order valence-electron chi connectivity index (χ4n) is 3.48. The van der Waals surface area contributed by atoms with Gasteiger partial charge < -0.3 is 15.5 Å². The smallest absolute Gasteiger partial charge is 0.244 e. The van der Waals surface area contributed by atoms with Crippen molar-refractivity contribution in [1.29, 1.82) is 0 Å². The number of piperidine rings is 2. The number of fused-ring (bicyclic) bond motifs is 1. The van der Waals surface area contributed by atoms with Gasteiger partial charge in [0.05, 0.1) is 0 Å². The Balaban J connectivity index is 1.56. The number of anilines is 1. The first kappa shape index (κ1) is 14.8. The summed E-state index contributed by atoms with van der Waals surface area (Å²) in [5.74, 6) is 1.40. The van der Waals surface area contributed by atoms with E-state index in [-0.39, 0.29) is 24.3 Å². The second-order valence-corrected chi connectivity index (χ2v) is 6.20. The topological polar surface area (TPSA) is 97.4 Å². The third-order valence-electron chi connectivity index (χ3n) is 4.77. The Kier molecular flexibility index (Phi) is 4.00. The highest BCUT2D eigenvalue weighted by Crippen LogP contribution is 2.31. The number of hydrogen-bond donors (Lipinski definition) is 1. The van der Waals surface area contributed by atoms with Gasteiger partial charge in [-0.15, -0.1) is 5.10 Å². The van der Waals surface area contributed by atoms with Crippen molar-refractivity contribution >= 4 is 17.8 Å². The Morgan fingerprint density at radius 3 is 2.45 bits per heavy atom. The Labute approximate surface area is 129 Å². The molecular weight excluding hydrogens is 284 g/mol. The monoisotopic (exact) mass is 306 g/mol. The fraction of sp³-hybridized carbons (Fsp3) is 0.714. The van der Waals surface area contributed by atoms with Gasteiger partial charge >= 0.3 is 0 Å². The molecule has 2 saturated heterocycles. The van der Waals surface area contributed by atoms with E-state index in [0.717, 1.165) is 39.0 Å². The number of nitrogens with two attached hydrogens (primary N) is 1. The number of carbonyl (C=O) groups is 2. The highest BCUT2D eigenvalue weighted by Gasteiger charge is 2.36. The van der Waals surface area contributed by atoms with E-state index in [1.54, 1.807) is 6.92 Å². The molecule has 8 heteroatoms. The summed E-state index contributed by atoms with van der Waals surface area (Å²) in [6, 6.07) is 0. The van der Waals surface area contributed by atoms with E-state index >= 15 is 0 Å². The van der Waals surface area contributed by atoms with Crippen LogP contribution in [0, 0.1) is 11.8 Å². The van der Waals surface area contributed by atoms with Crippen LogP contribution in [0.1, 0.15) is 19.8 Å². The van der Waals surface area contributed by atoms with Crippen LogP contribution in [-0.4, -0.2) is 62.6 Å². The lowest BCUT2D eigenvalue weighted by Gasteiger charge is -2.44. The SMILES string of the molecule is CC(=O)N1CCC2CN(C(=O)Cn3cnc(N)n3)CCC2C1. The first-order valence-electron chi connectivity index (χ1n) is 7.71. The Hall–Kier alpha value is -2.12. The van der Waals surface area contributed by atoms with Gasteiger partial charge in [0.2, 0.25) is 17.8 Å². The van der Waals surface area contributed by atoms with Crippen molar-refractivity contribution in [3.8, 4) is 0 Å². The van der Waals surface area contributed by atoms with Crippen molar-refractivity contribution in [3.05, 3.63) is 6.33 Å². The van der Waals surface area contributed by atoms with E-state index in [2.05, 4.69) is 10.1 Å². The molecule has 0 aromatic carbocycles. The molecule has 1 aromatic rings. The molecule has 0 spiro atoms. The van der Waals surface area contributed by atoms with Crippen molar-refractivity contribution in [2.24, 2.45) is 11.8 Å². The summed E-state index contributed by atoms with van der Waals surface area (Å²) in [6.07, 6.45) is 3.41. The molecular formula is C14H22N6O2. The van der Waals surface area contributed by atoms with Crippen LogP contribution in [0.15, 0.2) is 6.33 Å². The number of aromatic nitrogens is 3. The van der Waals surface area contributed by atoms with E-state index in [1.165, 1.54) is 11.0 Å². The lowest BCUT2D eigenvalue weighted by Crippen LogP contribution is -2.52. The number of nitrogen functional groups attached to an aromatic ring is 1. The van der Waals surface area contributed by atoms with Gasteiger partial charge in [0, 0.05) is 33.1 Å². The molecule has 0 bridgehead atoms. The van der Waals surface area contributed by atoms with Crippen molar-refractivity contribution in [2.45, 2.75) is 26.3 Å². The van der Waals surface area contributed by atoms with Crippen molar-refractivity contribution in [1.82, 2.24) is 24.6 Å². The maximum Gasteiger partial charge on any atom is 0.244 e. The first-order valence-corrected chi connectivity index (χ1v) is 7.71. The predicted molar refractivity (Wildman–Crippen MR) is 79.5 cm³/mol. The Morgan fingerprint density at radius 2 is 1.86 bits per heavy atom. The average Bonchev–Trinajstić information content (AvgIpc) is 2.91. The molecule has 2 fully saturated rings. The van der Waals surface area contributed by atoms with Gasteiger partial charge in [0.25, 0.3) is 0 Å². The van der Waals surface area contributed by atoms with Crippen molar-refractivity contribution in [2.75, 3.05) is 31.9 Å². The largest absolute Gasteiger partial charge is 0.367 e. The van der Waals surface area contributed by atoms with Gasteiger partial charge in [0.1, 0.15) is 12.9 Å². The van der Waals surface area contributed by atoms with Crippen molar-refractivity contribution in [3.63, 3.8) is 0 Å². The number of amides is 2. The molecule has 2 N–H and O–H groups in total. The summed E-state index contributed by atoms with van der Waals surface area (Å²) >= 11 is 0. The predicted octanol–water partition coefficient (Wildman–Crippen LogP) is -0.423. The summed E-state index contributed by atoms with van der Waals surface area (Å²) < 4.78 is 1.47. The van der Waals surface area contributed by atoms with Crippen LogP contribution in [0.4, 0.5) is 5.95 Å². The second-order valence-electron chi connectivity index (χ2n) is 6.20. The number of nitrogens with zero attached hydrogens (tertiary/aromatic N) is 5. The lowest BCUT2D eigenvalue weighted by molar-refractivity contribution is -0.138. The van der Waals surface area contributed by atoms with Crippen LogP contribution in [0.3, 0.4) is 0 Å². The highest BCUT2D eigenvalue weighted by molar-refractivity contribution is 5.76. The van der Waals surface area contributed by atoms with E-state index in [9.17, 15) is 9.59 Å². The minimum absolute atomic E-state index is 0.0531. The summed E-state index contributed by atoms with van der Waals surface area (Å²) in [5.41, 5.74) is 5.46. The molecule has 0 saturated carbocycles. The molecule has 3 rings (SSSR count). The lowest BCUT2D eigenvalue weighted by atomic mass is 9.80. The molecule has 3 heterocycles. The average molecular weight is 306 g/mol. The molecule has 2 aliphatic rings. The molecule has 8 nitrogen and oxygen atoms in total. The molecule has 1 aromatic heterocycles. The van der Waals surface area contributed by atoms with Crippen LogP contribution >= 0.6 is 0 Å². The Bertz CT molecular complexity index is 571. The van der Waals surface area contributed by atoms with E-state index < -0.39 is 0 Å². The zero-order valence-corrected chi connectivity index (χ0v) is 12.8. The molecule has 0 radical (unpaired) electrons. The van der Waals surface area contributed by atoms with Crippen molar-refractivity contribution < 1.29 is 9.59 Å². The zero-order chi connectivity index (χ0) is 15.7. The highest BCUT2D eigenvalue weighted by atomic mass is 16.2. The van der Waals surface area contributed by atoms with Crippen LogP contribution in [0.5, 0.6) is 0 Å². The summed E-state index contributed by atoms with van der Waals surface area (Å²) in [7, 11) is 0. The van der Waals surface area contributed by atoms with E-state index in [1.807, 2.05) is 9.80 Å². The Morgan fingerprint density at radius 1 is 1.23 bits per heavy atom. The van der Waals surface area contributed by atoms with Crippen LogP contribution in [-0.2, 0) is 16.1 Å². The number of hydrogen-bond acceptors (Lipinski definition) is 5. The molecule has 2 unspecified atom stereocenters. The standard InChI is InChI=1S/C14H22N6O2/c1-10(21)18-4-2-12-7-19(5-3-11(12)6-18)13(22)8-20-9-16-14(15)17-20/h9,11-12H,2-8H2,1H3,(H2,15,17). The van der Waals surface area contributed by atoms with Gasteiger partial charge in [-0.2, -0.15) is 0 Å². The number of carbonyl (C=O) groups excluding carboxylic acids is 2. The minimum Gasteiger partial charge on any atom is -0.367 e. The van der Waals surface area contributed by atoms with Crippen LogP contribution in [0.2, 0.25) is 0 Å². The minimum atomic E-state index is 0.0531. The summed E-state index contributed by atoms with van der Waals surface area (Å²) in [5, 5.41) is 3.95. The van der Waals surface area contributed by atoms with Gasteiger partial charge in [-0.25, -0.2) is 9.67 Å². The van der Waals surface area contributed by atoms with E-state index in [0.29, 0.717) is 11.8 Å². The molecule has 22 heavy (non-hydrogen) atoms. The third kappa shape index (κ3) is 3.05. The number of rotatable bonds is 2. The van der Waals surface area contributed by atoms with Gasteiger partial charge in [0.15, 0.2) is 0 Å². The summed E-state index contributed by atoms with van der Waals surface area (Å²) in [6.45, 7) is 4.97. The molecule has 2 amide bonds. The van der Waals surface area contributed by atoms with Gasteiger partial charge in [-0.3, -0.25) is 9.59 Å². The van der Waals surface area contributed by atoms with Crippen LogP contribution in [0.25, 0.3) is 0 Å².